The molecule has 0 spiro atoms. The molecule has 2 N–H and O–H groups in total. The van der Waals surface area contributed by atoms with Gasteiger partial charge in [-0.15, -0.1) is 0 Å². The fraction of sp³-hybridized carbons (Fsp3) is 0.458. The van der Waals surface area contributed by atoms with Crippen molar-refractivity contribution in [3.8, 4) is 5.75 Å². The van der Waals surface area contributed by atoms with Crippen molar-refractivity contribution in [2.75, 3.05) is 25.0 Å². The summed E-state index contributed by atoms with van der Waals surface area (Å²) in [6, 6.07) is 14.1. The summed E-state index contributed by atoms with van der Waals surface area (Å²) in [7, 11) is -3.70. The molecule has 2 aromatic rings. The zero-order valence-corrected chi connectivity index (χ0v) is 19.2. The van der Waals surface area contributed by atoms with Crippen LogP contribution in [0.15, 0.2) is 53.4 Å². The van der Waals surface area contributed by atoms with Crippen molar-refractivity contribution in [1.82, 2.24) is 9.62 Å². The SMILES string of the molecule is CCOc1ccc(NC(C(=O)NC2CC2)c2ccccc2)cc1S(=O)(=O)N1CCCCC1. The zero-order valence-electron chi connectivity index (χ0n) is 18.4. The maximum atomic E-state index is 13.4. The van der Waals surface area contributed by atoms with E-state index in [2.05, 4.69) is 10.6 Å². The van der Waals surface area contributed by atoms with E-state index in [0.717, 1.165) is 37.7 Å². The van der Waals surface area contributed by atoms with Gasteiger partial charge in [0.05, 0.1) is 6.61 Å². The third kappa shape index (κ3) is 5.24. The second kappa shape index (κ2) is 9.92. The highest BCUT2D eigenvalue weighted by Crippen LogP contribution is 2.33. The number of benzene rings is 2. The van der Waals surface area contributed by atoms with Crippen LogP contribution in [0.2, 0.25) is 0 Å². The van der Waals surface area contributed by atoms with E-state index in [1.807, 2.05) is 37.3 Å². The van der Waals surface area contributed by atoms with Crippen molar-refractivity contribution in [3.05, 3.63) is 54.1 Å². The third-order valence-electron chi connectivity index (χ3n) is 5.81. The predicted molar refractivity (Wildman–Crippen MR) is 124 cm³/mol. The van der Waals surface area contributed by atoms with E-state index in [1.54, 1.807) is 18.2 Å². The molecule has 2 aromatic carbocycles. The Morgan fingerprint density at radius 2 is 1.81 bits per heavy atom. The Morgan fingerprint density at radius 1 is 1.09 bits per heavy atom. The molecule has 7 nitrogen and oxygen atoms in total. The van der Waals surface area contributed by atoms with E-state index in [4.69, 9.17) is 4.74 Å². The number of carbonyl (C=O) groups excluding carboxylic acids is 1. The van der Waals surface area contributed by atoms with E-state index in [-0.39, 0.29) is 16.8 Å². The second-order valence-electron chi connectivity index (χ2n) is 8.33. The lowest BCUT2D eigenvalue weighted by atomic mass is 10.1. The summed E-state index contributed by atoms with van der Waals surface area (Å²) in [5.74, 6) is 0.218. The summed E-state index contributed by atoms with van der Waals surface area (Å²) >= 11 is 0. The van der Waals surface area contributed by atoms with Crippen LogP contribution < -0.4 is 15.4 Å². The maximum Gasteiger partial charge on any atom is 0.247 e. The Hall–Kier alpha value is -2.58. The smallest absolute Gasteiger partial charge is 0.247 e. The number of hydrogen-bond acceptors (Lipinski definition) is 5. The standard InChI is InChI=1S/C24H31N3O4S/c1-2-31-21-14-13-20(17-22(21)32(29,30)27-15-7-4-8-16-27)25-23(18-9-5-3-6-10-18)24(28)26-19-11-12-19/h3,5-6,9-10,13-14,17,19,23,25H,2,4,7-8,11-12,15-16H2,1H3,(H,26,28). The summed E-state index contributed by atoms with van der Waals surface area (Å²) in [5.41, 5.74) is 1.38. The first-order valence-electron chi connectivity index (χ1n) is 11.4. The molecule has 1 aliphatic heterocycles. The molecule has 0 radical (unpaired) electrons. The van der Waals surface area contributed by atoms with Crippen LogP contribution in [-0.4, -0.2) is 44.4 Å². The first kappa shape index (κ1) is 22.6. The molecule has 2 aliphatic rings. The van der Waals surface area contributed by atoms with Crippen LogP contribution in [0.1, 0.15) is 50.6 Å². The average Bonchev–Trinajstić information content (AvgIpc) is 3.63. The Balaban J connectivity index is 1.66. The number of ether oxygens (including phenoxy) is 1. The minimum Gasteiger partial charge on any atom is -0.492 e. The van der Waals surface area contributed by atoms with Crippen LogP contribution in [0.4, 0.5) is 5.69 Å². The molecule has 2 fully saturated rings. The van der Waals surface area contributed by atoms with Crippen molar-refractivity contribution in [1.29, 1.82) is 0 Å². The number of sulfonamides is 1. The fourth-order valence-corrected chi connectivity index (χ4v) is 5.62. The van der Waals surface area contributed by atoms with Crippen molar-refractivity contribution < 1.29 is 17.9 Å². The number of hydrogen-bond donors (Lipinski definition) is 2. The molecule has 1 amide bonds. The van der Waals surface area contributed by atoms with Crippen molar-refractivity contribution in [3.63, 3.8) is 0 Å². The summed E-state index contributed by atoms with van der Waals surface area (Å²) < 4.78 is 34.0. The van der Waals surface area contributed by atoms with Gasteiger partial charge in [0.2, 0.25) is 15.9 Å². The van der Waals surface area contributed by atoms with Gasteiger partial charge < -0.3 is 15.4 Å². The molecule has 1 unspecified atom stereocenters. The largest absolute Gasteiger partial charge is 0.492 e. The highest BCUT2D eigenvalue weighted by molar-refractivity contribution is 7.89. The van der Waals surface area contributed by atoms with Crippen LogP contribution in [0, 0.1) is 0 Å². The molecule has 8 heteroatoms. The Morgan fingerprint density at radius 3 is 2.47 bits per heavy atom. The number of amides is 1. The molecule has 172 valence electrons. The molecule has 32 heavy (non-hydrogen) atoms. The minimum absolute atomic E-state index is 0.118. The highest BCUT2D eigenvalue weighted by atomic mass is 32.2. The Bertz CT molecular complexity index is 1030. The van der Waals surface area contributed by atoms with Crippen LogP contribution in [0.3, 0.4) is 0 Å². The number of piperidine rings is 1. The lowest BCUT2D eigenvalue weighted by Crippen LogP contribution is -2.36. The molecule has 1 aliphatic carbocycles. The predicted octanol–water partition coefficient (Wildman–Crippen LogP) is 3.69. The number of anilines is 1. The van der Waals surface area contributed by atoms with Crippen molar-refractivity contribution in [2.45, 2.75) is 56.0 Å². The molecule has 4 rings (SSSR count). The second-order valence-corrected chi connectivity index (χ2v) is 10.2. The van der Waals surface area contributed by atoms with Crippen LogP contribution in [0.5, 0.6) is 5.75 Å². The fourth-order valence-electron chi connectivity index (χ4n) is 3.94. The number of nitrogens with zero attached hydrogens (tertiary/aromatic N) is 1. The molecule has 1 saturated carbocycles. The minimum atomic E-state index is -3.70. The molecule has 0 bridgehead atoms. The third-order valence-corrected chi connectivity index (χ3v) is 7.73. The van der Waals surface area contributed by atoms with Gasteiger partial charge in [0.25, 0.3) is 0 Å². The maximum absolute atomic E-state index is 13.4. The molecular formula is C24H31N3O4S. The van der Waals surface area contributed by atoms with Gasteiger partial charge in [-0.1, -0.05) is 36.8 Å². The molecular weight excluding hydrogens is 426 g/mol. The molecule has 1 heterocycles. The summed E-state index contributed by atoms with van der Waals surface area (Å²) in [5, 5.41) is 6.31. The van der Waals surface area contributed by atoms with Gasteiger partial charge in [-0.25, -0.2) is 8.42 Å². The molecule has 1 saturated heterocycles. The number of carbonyl (C=O) groups is 1. The van der Waals surface area contributed by atoms with Crippen molar-refractivity contribution >= 4 is 21.6 Å². The van der Waals surface area contributed by atoms with Gasteiger partial charge in [-0.3, -0.25) is 4.79 Å². The lowest BCUT2D eigenvalue weighted by Gasteiger charge is -2.27. The van der Waals surface area contributed by atoms with E-state index in [1.165, 1.54) is 4.31 Å². The van der Waals surface area contributed by atoms with E-state index < -0.39 is 16.1 Å². The van der Waals surface area contributed by atoms with Crippen LogP contribution in [0.25, 0.3) is 0 Å². The average molecular weight is 458 g/mol. The van der Waals surface area contributed by atoms with Crippen molar-refractivity contribution in [2.24, 2.45) is 0 Å². The first-order valence-corrected chi connectivity index (χ1v) is 12.8. The molecule has 0 aromatic heterocycles. The van der Waals surface area contributed by atoms with Gasteiger partial charge in [-0.05, 0) is 56.4 Å². The van der Waals surface area contributed by atoms with Gasteiger partial charge in [-0.2, -0.15) is 4.31 Å². The van der Waals surface area contributed by atoms with E-state index in [9.17, 15) is 13.2 Å². The van der Waals surface area contributed by atoms with Gasteiger partial charge in [0.15, 0.2) is 0 Å². The summed E-state index contributed by atoms with van der Waals surface area (Å²) in [4.78, 5) is 13.1. The lowest BCUT2D eigenvalue weighted by molar-refractivity contribution is -0.122. The number of nitrogens with one attached hydrogen (secondary N) is 2. The highest BCUT2D eigenvalue weighted by Gasteiger charge is 2.31. The first-order chi connectivity index (χ1) is 15.5. The zero-order chi connectivity index (χ0) is 22.6. The van der Waals surface area contributed by atoms with Gasteiger partial charge >= 0.3 is 0 Å². The van der Waals surface area contributed by atoms with Gasteiger partial charge in [0.1, 0.15) is 16.7 Å². The quantitative estimate of drug-likeness (QED) is 0.600. The normalized spacial score (nSPS) is 18.0. The number of rotatable bonds is 9. The summed E-state index contributed by atoms with van der Waals surface area (Å²) in [6.45, 7) is 3.23. The topological polar surface area (TPSA) is 87.7 Å². The van der Waals surface area contributed by atoms with Crippen LogP contribution in [-0.2, 0) is 14.8 Å². The van der Waals surface area contributed by atoms with Gasteiger partial charge in [0, 0.05) is 24.8 Å². The van der Waals surface area contributed by atoms with E-state index in [0.29, 0.717) is 31.1 Å². The summed E-state index contributed by atoms with van der Waals surface area (Å²) in [6.07, 6.45) is 4.75. The monoisotopic (exact) mass is 457 g/mol. The van der Waals surface area contributed by atoms with Crippen LogP contribution >= 0.6 is 0 Å². The van der Waals surface area contributed by atoms with E-state index >= 15 is 0 Å². The Kier molecular flexibility index (Phi) is 7.01. The Labute approximate surface area is 190 Å². The molecule has 1 atom stereocenters.